The second kappa shape index (κ2) is 3.73. The minimum Gasteiger partial charge on any atom is -0.454 e. The van der Waals surface area contributed by atoms with Crippen molar-refractivity contribution in [3.8, 4) is 17.2 Å². The molecule has 0 amide bonds. The second-order valence-corrected chi connectivity index (χ2v) is 3.66. The number of nitrogens with two attached hydrogens (primary N) is 1. The monoisotopic (exact) mass is 249 g/mol. The first kappa shape index (κ1) is 10.6. The third kappa shape index (κ3) is 1.56. The van der Waals surface area contributed by atoms with Crippen molar-refractivity contribution in [3.05, 3.63) is 40.7 Å². The fraction of sp³-hybridized carbons (Fsp3) is 0.0909. The summed E-state index contributed by atoms with van der Waals surface area (Å²) >= 11 is 0. The van der Waals surface area contributed by atoms with E-state index in [0.717, 1.165) is 10.8 Å². The van der Waals surface area contributed by atoms with E-state index in [-0.39, 0.29) is 6.79 Å². The number of hydrogen-bond donors (Lipinski definition) is 1. The molecule has 0 radical (unpaired) electrons. The van der Waals surface area contributed by atoms with Gasteiger partial charge in [-0.1, -0.05) is 0 Å². The van der Waals surface area contributed by atoms with Crippen LogP contribution in [0.1, 0.15) is 0 Å². The number of benzene rings is 1. The molecule has 6 nitrogen and oxygen atoms in total. The van der Waals surface area contributed by atoms with Gasteiger partial charge < -0.3 is 15.2 Å². The minimum absolute atomic E-state index is 0.127. The highest BCUT2D eigenvalue weighted by molar-refractivity contribution is 5.50. The summed E-state index contributed by atoms with van der Waals surface area (Å²) in [6, 6.07) is 4.81. The number of anilines is 1. The number of nitrogen functional groups attached to an aromatic ring is 1. The van der Waals surface area contributed by atoms with Gasteiger partial charge in [0, 0.05) is 6.07 Å². The molecule has 0 unspecified atom stereocenters. The molecule has 1 aliphatic heterocycles. The zero-order chi connectivity index (χ0) is 12.7. The molecular formula is C11H8FN3O3. The third-order valence-electron chi connectivity index (χ3n) is 2.54. The van der Waals surface area contributed by atoms with E-state index in [9.17, 15) is 9.18 Å². The Balaban J connectivity index is 2.16. The number of ether oxygens (including phenoxy) is 2. The summed E-state index contributed by atoms with van der Waals surface area (Å²) < 4.78 is 24.7. The van der Waals surface area contributed by atoms with Gasteiger partial charge in [-0.05, 0) is 12.1 Å². The largest absolute Gasteiger partial charge is 0.454 e. The maximum absolute atomic E-state index is 13.3. The van der Waals surface area contributed by atoms with Crippen molar-refractivity contribution in [1.82, 2.24) is 9.55 Å². The highest BCUT2D eigenvalue weighted by Gasteiger charge is 2.15. The summed E-state index contributed by atoms with van der Waals surface area (Å²) in [7, 11) is 0. The average Bonchev–Trinajstić information content (AvgIpc) is 2.80. The van der Waals surface area contributed by atoms with Gasteiger partial charge in [-0.15, -0.1) is 0 Å². The Morgan fingerprint density at radius 3 is 2.94 bits per heavy atom. The van der Waals surface area contributed by atoms with Crippen LogP contribution < -0.4 is 20.9 Å². The van der Waals surface area contributed by atoms with Crippen molar-refractivity contribution in [1.29, 1.82) is 0 Å². The summed E-state index contributed by atoms with van der Waals surface area (Å²) in [6.07, 6.45) is 0.988. The van der Waals surface area contributed by atoms with E-state index in [1.807, 2.05) is 0 Å². The lowest BCUT2D eigenvalue weighted by molar-refractivity contribution is 0.174. The highest BCUT2D eigenvalue weighted by atomic mass is 19.1. The molecule has 92 valence electrons. The molecule has 1 aromatic carbocycles. The number of fused-ring (bicyclic) bond motifs is 1. The Hall–Kier alpha value is -2.57. The number of aromatic nitrogens is 2. The zero-order valence-electron chi connectivity index (χ0n) is 9.09. The molecule has 2 N–H and O–H groups in total. The Morgan fingerprint density at radius 2 is 2.11 bits per heavy atom. The Labute approximate surface area is 100 Å². The van der Waals surface area contributed by atoms with Gasteiger partial charge in [-0.2, -0.15) is 4.98 Å². The first-order valence-electron chi connectivity index (χ1n) is 5.10. The van der Waals surface area contributed by atoms with Gasteiger partial charge in [-0.25, -0.2) is 9.18 Å². The molecule has 0 saturated carbocycles. The van der Waals surface area contributed by atoms with Gasteiger partial charge in [0.2, 0.25) is 6.79 Å². The lowest BCUT2D eigenvalue weighted by Gasteiger charge is -2.06. The highest BCUT2D eigenvalue weighted by Crippen LogP contribution is 2.33. The fourth-order valence-corrected chi connectivity index (χ4v) is 1.67. The van der Waals surface area contributed by atoms with Crippen LogP contribution in [-0.4, -0.2) is 16.3 Å². The molecule has 0 aliphatic carbocycles. The van der Waals surface area contributed by atoms with Crippen LogP contribution in [0.25, 0.3) is 5.69 Å². The van der Waals surface area contributed by atoms with Crippen molar-refractivity contribution < 1.29 is 13.9 Å². The van der Waals surface area contributed by atoms with Crippen LogP contribution in [0.4, 0.5) is 10.2 Å². The Bertz CT molecular complexity index is 684. The predicted molar refractivity (Wildman–Crippen MR) is 60.3 cm³/mol. The van der Waals surface area contributed by atoms with Crippen LogP contribution in [-0.2, 0) is 0 Å². The van der Waals surface area contributed by atoms with Crippen LogP contribution in [0.2, 0.25) is 0 Å². The lowest BCUT2D eigenvalue weighted by atomic mass is 10.2. The molecule has 2 heterocycles. The van der Waals surface area contributed by atoms with Gasteiger partial charge in [-0.3, -0.25) is 4.57 Å². The van der Waals surface area contributed by atoms with Crippen LogP contribution in [0.15, 0.2) is 29.2 Å². The van der Waals surface area contributed by atoms with E-state index >= 15 is 0 Å². The third-order valence-corrected chi connectivity index (χ3v) is 2.54. The van der Waals surface area contributed by atoms with Crippen LogP contribution in [0.5, 0.6) is 11.5 Å². The lowest BCUT2D eigenvalue weighted by Crippen LogP contribution is -2.23. The number of hydrogen-bond acceptors (Lipinski definition) is 5. The maximum atomic E-state index is 13.3. The molecule has 0 bridgehead atoms. The summed E-state index contributed by atoms with van der Waals surface area (Å²) in [4.78, 5) is 15.0. The minimum atomic E-state index is -0.757. The van der Waals surface area contributed by atoms with Crippen LogP contribution in [0.3, 0.4) is 0 Å². The molecular weight excluding hydrogens is 241 g/mol. The number of rotatable bonds is 1. The van der Waals surface area contributed by atoms with Crippen molar-refractivity contribution >= 4 is 5.82 Å². The van der Waals surface area contributed by atoms with Crippen LogP contribution in [0, 0.1) is 5.82 Å². The molecule has 0 fully saturated rings. The zero-order valence-corrected chi connectivity index (χ0v) is 9.09. The molecule has 18 heavy (non-hydrogen) atoms. The summed E-state index contributed by atoms with van der Waals surface area (Å²) in [5.74, 6) is -0.100. The summed E-state index contributed by atoms with van der Waals surface area (Å²) in [5.41, 5.74) is 4.98. The van der Waals surface area contributed by atoms with E-state index in [1.54, 1.807) is 18.2 Å². The SMILES string of the molecule is Nc1nc(=O)n(-c2ccc3c(c2)OCO3)cc1F. The van der Waals surface area contributed by atoms with E-state index < -0.39 is 17.3 Å². The molecule has 7 heteroatoms. The molecule has 1 aromatic heterocycles. The van der Waals surface area contributed by atoms with E-state index in [0.29, 0.717) is 17.2 Å². The maximum Gasteiger partial charge on any atom is 0.354 e. The standard InChI is InChI=1S/C11H8FN3O3/c12-7-4-15(11(16)14-10(7)13)6-1-2-8-9(3-6)18-5-17-8/h1-4H,5H2,(H2,13,14,16). The van der Waals surface area contributed by atoms with Gasteiger partial charge >= 0.3 is 5.69 Å². The normalized spacial score (nSPS) is 12.7. The molecule has 2 aromatic rings. The van der Waals surface area contributed by atoms with Crippen molar-refractivity contribution in [3.63, 3.8) is 0 Å². The molecule has 3 rings (SSSR count). The Kier molecular flexibility index (Phi) is 2.19. The quantitative estimate of drug-likeness (QED) is 0.804. The molecule has 1 aliphatic rings. The Morgan fingerprint density at radius 1 is 1.33 bits per heavy atom. The number of nitrogens with zero attached hydrogens (tertiary/aromatic N) is 2. The number of halogens is 1. The first-order valence-corrected chi connectivity index (χ1v) is 5.10. The van der Waals surface area contributed by atoms with E-state index in [4.69, 9.17) is 15.2 Å². The molecule has 0 saturated heterocycles. The van der Waals surface area contributed by atoms with Crippen LogP contribution >= 0.6 is 0 Å². The van der Waals surface area contributed by atoms with Crippen molar-refractivity contribution in [2.75, 3.05) is 12.5 Å². The van der Waals surface area contributed by atoms with Gasteiger partial charge in [0.15, 0.2) is 23.1 Å². The van der Waals surface area contributed by atoms with Gasteiger partial charge in [0.1, 0.15) is 0 Å². The molecule has 0 spiro atoms. The summed E-state index contributed by atoms with van der Waals surface area (Å²) in [6.45, 7) is 0.127. The average molecular weight is 249 g/mol. The fourth-order valence-electron chi connectivity index (χ4n) is 1.67. The van der Waals surface area contributed by atoms with Crippen molar-refractivity contribution in [2.24, 2.45) is 0 Å². The van der Waals surface area contributed by atoms with Crippen molar-refractivity contribution in [2.45, 2.75) is 0 Å². The van der Waals surface area contributed by atoms with E-state index in [1.165, 1.54) is 0 Å². The smallest absolute Gasteiger partial charge is 0.354 e. The van der Waals surface area contributed by atoms with Gasteiger partial charge in [0.25, 0.3) is 0 Å². The predicted octanol–water partition coefficient (Wildman–Crippen LogP) is 0.682. The molecule has 0 atom stereocenters. The first-order chi connectivity index (χ1) is 8.65. The topological polar surface area (TPSA) is 79.4 Å². The summed E-state index contributed by atoms with van der Waals surface area (Å²) in [5, 5.41) is 0. The second-order valence-electron chi connectivity index (χ2n) is 3.66. The van der Waals surface area contributed by atoms with Gasteiger partial charge in [0.05, 0.1) is 11.9 Å². The van der Waals surface area contributed by atoms with E-state index in [2.05, 4.69) is 4.98 Å².